The number of ketones is 1. The Kier molecular flexibility index (Phi) is 3.63. The third kappa shape index (κ3) is 2.33. The van der Waals surface area contributed by atoms with E-state index in [0.29, 0.717) is 11.1 Å². The van der Waals surface area contributed by atoms with Gasteiger partial charge in [0.25, 0.3) is 0 Å². The molecule has 0 aromatic heterocycles. The minimum atomic E-state index is -0.806. The highest BCUT2D eigenvalue weighted by Crippen LogP contribution is 2.38. The number of rotatable bonds is 3. The first-order valence-corrected chi connectivity index (χ1v) is 6.93. The van der Waals surface area contributed by atoms with Crippen LogP contribution in [0.25, 0.3) is 0 Å². The number of hydrogen-bond acceptors (Lipinski definition) is 4. The summed E-state index contributed by atoms with van der Waals surface area (Å²) >= 11 is 0. The number of nitrogens with zero attached hydrogens (tertiary/aromatic N) is 1. The number of Topliss-reactive ketones (excluding diaryl/α,β-unsaturated/α-hetero) is 1. The maximum absolute atomic E-state index is 12.7. The Hall–Kier alpha value is -3.06. The Morgan fingerprint density at radius 2 is 1.64 bits per heavy atom. The molecule has 2 N–H and O–H groups in total. The number of hydrogen-bond donors (Lipinski definition) is 1. The summed E-state index contributed by atoms with van der Waals surface area (Å²) in [4.78, 5) is 12.7. The van der Waals surface area contributed by atoms with Crippen LogP contribution in [0.5, 0.6) is 0 Å². The highest BCUT2D eigenvalue weighted by Gasteiger charge is 2.42. The predicted molar refractivity (Wildman–Crippen MR) is 81.7 cm³/mol. The molecule has 0 aliphatic carbocycles. The molecular weight excluding hydrogens is 276 g/mol. The molecule has 4 nitrogen and oxygen atoms in total. The molecule has 0 saturated carbocycles. The number of nitrogens with two attached hydrogens (primary N) is 1. The van der Waals surface area contributed by atoms with Crippen molar-refractivity contribution in [1.82, 2.24) is 0 Å². The SMILES string of the molecule is N#CC1=C(N)O[C@H](C(=O)c2ccccc2)[C@H]1c1ccccc1. The maximum Gasteiger partial charge on any atom is 0.204 e. The van der Waals surface area contributed by atoms with Gasteiger partial charge in [0.1, 0.15) is 11.6 Å². The Bertz CT molecular complexity index is 761. The molecule has 0 bridgehead atoms. The van der Waals surface area contributed by atoms with Crippen LogP contribution in [-0.2, 0) is 4.74 Å². The second kappa shape index (κ2) is 5.74. The van der Waals surface area contributed by atoms with Crippen molar-refractivity contribution >= 4 is 5.78 Å². The molecule has 108 valence electrons. The zero-order valence-electron chi connectivity index (χ0n) is 11.8. The normalized spacial score (nSPS) is 20.3. The third-order valence-electron chi connectivity index (χ3n) is 3.73. The fourth-order valence-electron chi connectivity index (χ4n) is 2.67. The van der Waals surface area contributed by atoms with Gasteiger partial charge in [0.2, 0.25) is 5.78 Å². The van der Waals surface area contributed by atoms with Crippen LogP contribution in [0.15, 0.2) is 72.1 Å². The van der Waals surface area contributed by atoms with E-state index in [1.165, 1.54) is 0 Å². The van der Waals surface area contributed by atoms with Crippen LogP contribution in [0.3, 0.4) is 0 Å². The summed E-state index contributed by atoms with van der Waals surface area (Å²) in [7, 11) is 0. The van der Waals surface area contributed by atoms with E-state index in [0.717, 1.165) is 5.56 Å². The number of carbonyl (C=O) groups excluding carboxylic acids is 1. The quantitative estimate of drug-likeness (QED) is 0.882. The molecule has 0 unspecified atom stereocenters. The van der Waals surface area contributed by atoms with Crippen LogP contribution in [-0.4, -0.2) is 11.9 Å². The van der Waals surface area contributed by atoms with Crippen molar-refractivity contribution in [1.29, 1.82) is 5.26 Å². The Labute approximate surface area is 128 Å². The van der Waals surface area contributed by atoms with Crippen molar-refractivity contribution in [3.8, 4) is 6.07 Å². The molecule has 2 atom stereocenters. The van der Waals surface area contributed by atoms with Gasteiger partial charge in [-0.1, -0.05) is 60.7 Å². The fraction of sp³-hybridized carbons (Fsp3) is 0.111. The summed E-state index contributed by atoms with van der Waals surface area (Å²) in [5.74, 6) is -0.618. The highest BCUT2D eigenvalue weighted by molar-refractivity contribution is 6.01. The van der Waals surface area contributed by atoms with E-state index >= 15 is 0 Å². The van der Waals surface area contributed by atoms with Gasteiger partial charge in [-0.15, -0.1) is 0 Å². The van der Waals surface area contributed by atoms with Crippen LogP contribution in [0.2, 0.25) is 0 Å². The number of nitriles is 1. The lowest BCUT2D eigenvalue weighted by atomic mass is 9.85. The molecular formula is C18H14N2O2. The van der Waals surface area contributed by atoms with E-state index in [4.69, 9.17) is 10.5 Å². The van der Waals surface area contributed by atoms with E-state index in [9.17, 15) is 10.1 Å². The minimum absolute atomic E-state index is 0.0330. The predicted octanol–water partition coefficient (Wildman–Crippen LogP) is 2.75. The zero-order chi connectivity index (χ0) is 15.5. The van der Waals surface area contributed by atoms with Crippen molar-refractivity contribution in [2.75, 3.05) is 0 Å². The molecule has 0 amide bonds. The van der Waals surface area contributed by atoms with Crippen LogP contribution >= 0.6 is 0 Å². The molecule has 1 aliphatic rings. The Morgan fingerprint density at radius 1 is 1.05 bits per heavy atom. The molecule has 0 fully saturated rings. The van der Waals surface area contributed by atoms with E-state index in [1.54, 1.807) is 24.3 Å². The van der Waals surface area contributed by atoms with E-state index in [-0.39, 0.29) is 11.7 Å². The van der Waals surface area contributed by atoms with Crippen LogP contribution in [0, 0.1) is 11.3 Å². The van der Waals surface area contributed by atoms with E-state index in [1.807, 2.05) is 36.4 Å². The molecule has 0 spiro atoms. The topological polar surface area (TPSA) is 76.1 Å². The first-order valence-electron chi connectivity index (χ1n) is 6.93. The van der Waals surface area contributed by atoms with Gasteiger partial charge in [-0.25, -0.2) is 0 Å². The lowest BCUT2D eigenvalue weighted by Crippen LogP contribution is -2.27. The van der Waals surface area contributed by atoms with Crippen molar-refractivity contribution in [3.63, 3.8) is 0 Å². The molecule has 3 rings (SSSR count). The van der Waals surface area contributed by atoms with Gasteiger partial charge >= 0.3 is 0 Å². The molecule has 0 radical (unpaired) electrons. The van der Waals surface area contributed by atoms with Crippen molar-refractivity contribution in [2.45, 2.75) is 12.0 Å². The summed E-state index contributed by atoms with van der Waals surface area (Å²) < 4.78 is 5.53. The number of carbonyl (C=O) groups is 1. The summed E-state index contributed by atoms with van der Waals surface area (Å²) in [6.45, 7) is 0. The lowest BCUT2D eigenvalue weighted by Gasteiger charge is -2.18. The molecule has 1 heterocycles. The lowest BCUT2D eigenvalue weighted by molar-refractivity contribution is 0.0677. The van der Waals surface area contributed by atoms with Gasteiger partial charge in [-0.3, -0.25) is 4.79 Å². The van der Waals surface area contributed by atoms with Crippen molar-refractivity contribution < 1.29 is 9.53 Å². The monoisotopic (exact) mass is 290 g/mol. The summed E-state index contributed by atoms with van der Waals surface area (Å²) in [5.41, 5.74) is 7.50. The van der Waals surface area contributed by atoms with Gasteiger partial charge in [0.05, 0.1) is 5.92 Å². The minimum Gasteiger partial charge on any atom is -0.466 e. The smallest absolute Gasteiger partial charge is 0.204 e. The van der Waals surface area contributed by atoms with E-state index in [2.05, 4.69) is 6.07 Å². The van der Waals surface area contributed by atoms with Gasteiger partial charge < -0.3 is 10.5 Å². The number of ether oxygens (including phenoxy) is 1. The summed E-state index contributed by atoms with van der Waals surface area (Å²) in [6.07, 6.45) is -0.806. The fourth-order valence-corrected chi connectivity index (χ4v) is 2.67. The zero-order valence-corrected chi connectivity index (χ0v) is 11.8. The first kappa shape index (κ1) is 13.9. The van der Waals surface area contributed by atoms with Crippen LogP contribution in [0.4, 0.5) is 0 Å². The molecule has 2 aromatic carbocycles. The average molecular weight is 290 g/mol. The van der Waals surface area contributed by atoms with Crippen molar-refractivity contribution in [2.24, 2.45) is 5.73 Å². The van der Waals surface area contributed by atoms with Gasteiger partial charge in [0, 0.05) is 5.56 Å². The highest BCUT2D eigenvalue weighted by atomic mass is 16.5. The maximum atomic E-state index is 12.7. The van der Waals surface area contributed by atoms with Crippen molar-refractivity contribution in [3.05, 3.63) is 83.2 Å². The average Bonchev–Trinajstić information content (AvgIpc) is 2.92. The van der Waals surface area contributed by atoms with Crippen LogP contribution < -0.4 is 5.73 Å². The van der Waals surface area contributed by atoms with Gasteiger partial charge in [-0.2, -0.15) is 5.26 Å². The summed E-state index contributed by atoms with van der Waals surface area (Å²) in [5, 5.41) is 9.36. The molecule has 2 aromatic rings. The molecule has 1 aliphatic heterocycles. The standard InChI is InChI=1S/C18H14N2O2/c19-11-14-15(12-7-3-1-4-8-12)17(22-18(14)20)16(21)13-9-5-2-6-10-13/h1-10,15,17H,20H2/t15-,17-/m0/s1. The summed E-state index contributed by atoms with van der Waals surface area (Å²) in [6, 6.07) is 20.3. The Balaban J connectivity index is 2.02. The largest absolute Gasteiger partial charge is 0.466 e. The molecule has 0 saturated heterocycles. The van der Waals surface area contributed by atoms with Gasteiger partial charge in [0.15, 0.2) is 12.0 Å². The van der Waals surface area contributed by atoms with E-state index < -0.39 is 12.0 Å². The molecule has 22 heavy (non-hydrogen) atoms. The second-order valence-corrected chi connectivity index (χ2v) is 5.05. The van der Waals surface area contributed by atoms with Crippen LogP contribution in [0.1, 0.15) is 21.8 Å². The van der Waals surface area contributed by atoms with Gasteiger partial charge in [-0.05, 0) is 5.56 Å². The third-order valence-corrected chi connectivity index (χ3v) is 3.73. The first-order chi connectivity index (χ1) is 10.7. The Morgan fingerprint density at radius 3 is 2.23 bits per heavy atom. The molecule has 4 heteroatoms. The second-order valence-electron chi connectivity index (χ2n) is 5.05. The number of benzene rings is 2.